The first kappa shape index (κ1) is 22.8. The van der Waals surface area contributed by atoms with Crippen LogP contribution >= 0.6 is 11.3 Å². The Kier molecular flexibility index (Phi) is 6.96. The number of ether oxygens (including phenoxy) is 1. The highest BCUT2D eigenvalue weighted by Crippen LogP contribution is 2.25. The van der Waals surface area contributed by atoms with Crippen molar-refractivity contribution in [3.05, 3.63) is 65.7 Å². The summed E-state index contributed by atoms with van der Waals surface area (Å²) >= 11 is 0.702. The van der Waals surface area contributed by atoms with Gasteiger partial charge in [-0.2, -0.15) is 8.42 Å². The molecule has 0 aliphatic carbocycles. The van der Waals surface area contributed by atoms with E-state index in [0.29, 0.717) is 30.1 Å². The summed E-state index contributed by atoms with van der Waals surface area (Å²) in [7, 11) is -4.14. The maximum Gasteiger partial charge on any atom is 0.291 e. The number of nitrogens with zero attached hydrogens (tertiary/aromatic N) is 2. The lowest BCUT2D eigenvalue weighted by Crippen LogP contribution is -2.32. The van der Waals surface area contributed by atoms with Gasteiger partial charge in [0.1, 0.15) is 0 Å². The van der Waals surface area contributed by atoms with E-state index in [1.807, 2.05) is 0 Å². The molecule has 0 spiro atoms. The minimum Gasteiger partial charge on any atom is -0.376 e. The molecular formula is C21H21N5O5S2. The molecule has 3 N–H and O–H groups in total. The van der Waals surface area contributed by atoms with Crippen molar-refractivity contribution in [3.8, 4) is 0 Å². The fourth-order valence-electron chi connectivity index (χ4n) is 3.19. The highest BCUT2D eigenvalue weighted by molar-refractivity contribution is 7.94. The van der Waals surface area contributed by atoms with Crippen LogP contribution < -0.4 is 15.4 Å². The van der Waals surface area contributed by atoms with Gasteiger partial charge in [0.2, 0.25) is 5.13 Å². The van der Waals surface area contributed by atoms with E-state index in [1.54, 1.807) is 42.5 Å². The minimum atomic E-state index is -4.14. The molecular weight excluding hydrogens is 466 g/mol. The third-order valence-corrected chi connectivity index (χ3v) is 7.39. The molecule has 2 aromatic carbocycles. The molecule has 1 fully saturated rings. The monoisotopic (exact) mass is 487 g/mol. The molecule has 2 heterocycles. The minimum absolute atomic E-state index is 0.0341. The van der Waals surface area contributed by atoms with Crippen molar-refractivity contribution in [2.24, 2.45) is 0 Å². The average Bonchev–Trinajstić information content (AvgIpc) is 3.51. The van der Waals surface area contributed by atoms with Crippen LogP contribution in [0, 0.1) is 0 Å². The zero-order valence-electron chi connectivity index (χ0n) is 17.4. The van der Waals surface area contributed by atoms with Gasteiger partial charge in [0.25, 0.3) is 26.2 Å². The quantitative estimate of drug-likeness (QED) is 0.415. The summed E-state index contributed by atoms with van der Waals surface area (Å²) in [6.07, 6.45) is 1.78. The van der Waals surface area contributed by atoms with Crippen molar-refractivity contribution in [3.63, 3.8) is 0 Å². The van der Waals surface area contributed by atoms with E-state index in [9.17, 15) is 18.0 Å². The zero-order valence-corrected chi connectivity index (χ0v) is 19.0. The summed E-state index contributed by atoms with van der Waals surface area (Å²) in [5, 5.41) is 12.8. The van der Waals surface area contributed by atoms with Crippen molar-refractivity contribution in [2.45, 2.75) is 23.3 Å². The first-order valence-corrected chi connectivity index (χ1v) is 12.4. The number of sulfonamides is 1. The summed E-state index contributed by atoms with van der Waals surface area (Å²) in [6, 6.07) is 14.7. The molecule has 33 heavy (non-hydrogen) atoms. The summed E-state index contributed by atoms with van der Waals surface area (Å²) in [5.41, 5.74) is 0.673. The predicted octanol–water partition coefficient (Wildman–Crippen LogP) is 2.50. The molecule has 2 amide bonds. The number of anilines is 2. The lowest BCUT2D eigenvalue weighted by Gasteiger charge is -2.13. The van der Waals surface area contributed by atoms with Crippen LogP contribution in [0.4, 0.5) is 10.8 Å². The number of carbonyl (C=O) groups is 2. The molecule has 1 atom stereocenters. The van der Waals surface area contributed by atoms with E-state index in [0.717, 1.165) is 12.8 Å². The van der Waals surface area contributed by atoms with Crippen LogP contribution in [0.25, 0.3) is 0 Å². The van der Waals surface area contributed by atoms with Crippen LogP contribution in [0.15, 0.2) is 58.9 Å². The van der Waals surface area contributed by atoms with Crippen LogP contribution in [0.5, 0.6) is 0 Å². The lowest BCUT2D eigenvalue weighted by atomic mass is 10.1. The maximum absolute atomic E-state index is 12.8. The van der Waals surface area contributed by atoms with Gasteiger partial charge in [-0.25, -0.2) is 0 Å². The van der Waals surface area contributed by atoms with Gasteiger partial charge in [-0.1, -0.05) is 41.7 Å². The Bertz CT molecular complexity index is 1240. The number of rotatable bonds is 8. The Balaban J connectivity index is 1.45. The van der Waals surface area contributed by atoms with Gasteiger partial charge in [0, 0.05) is 18.7 Å². The molecule has 0 saturated carbocycles. The summed E-state index contributed by atoms with van der Waals surface area (Å²) < 4.78 is 33.2. The molecule has 1 aliphatic heterocycles. The number of hydrogen-bond donors (Lipinski definition) is 3. The standard InChI is InChI=1S/C21H21N5O5S2/c27-18(14-7-2-1-3-8-14)23-20-24-25-21(32-20)33(29,30)26-17-11-5-4-10-16(17)19(28)22-13-15-9-6-12-31-15/h1-5,7-8,10-11,15,26H,6,9,12-13H2,(H,22,28)(H,23,24,27). The number of amides is 2. The van der Waals surface area contributed by atoms with E-state index in [2.05, 4.69) is 25.6 Å². The highest BCUT2D eigenvalue weighted by Gasteiger charge is 2.24. The summed E-state index contributed by atoms with van der Waals surface area (Å²) in [4.78, 5) is 24.9. The molecule has 0 bridgehead atoms. The second kappa shape index (κ2) is 10.1. The molecule has 1 saturated heterocycles. The Morgan fingerprint density at radius 2 is 1.79 bits per heavy atom. The molecule has 0 radical (unpaired) electrons. The molecule has 3 aromatic rings. The molecule has 1 unspecified atom stereocenters. The normalized spacial score (nSPS) is 15.7. The van der Waals surface area contributed by atoms with Crippen LogP contribution in [-0.2, 0) is 14.8 Å². The van der Waals surface area contributed by atoms with Gasteiger partial charge in [-0.05, 0) is 37.1 Å². The van der Waals surface area contributed by atoms with E-state index in [4.69, 9.17) is 4.74 Å². The lowest BCUT2D eigenvalue weighted by molar-refractivity contribution is 0.0858. The number of carbonyl (C=O) groups excluding carboxylic acids is 2. The van der Waals surface area contributed by atoms with Gasteiger partial charge in [-0.3, -0.25) is 19.6 Å². The van der Waals surface area contributed by atoms with Crippen molar-refractivity contribution in [1.82, 2.24) is 15.5 Å². The van der Waals surface area contributed by atoms with Crippen LogP contribution in [-0.4, -0.2) is 49.7 Å². The fourth-order valence-corrected chi connectivity index (χ4v) is 5.17. The van der Waals surface area contributed by atoms with E-state index in [1.165, 1.54) is 12.1 Å². The third kappa shape index (κ3) is 5.72. The topological polar surface area (TPSA) is 139 Å². The Hall–Kier alpha value is -3.35. The third-order valence-electron chi connectivity index (χ3n) is 4.82. The first-order chi connectivity index (χ1) is 15.9. The molecule has 172 valence electrons. The number of hydrogen-bond acceptors (Lipinski definition) is 8. The molecule has 4 rings (SSSR count). The number of benzene rings is 2. The van der Waals surface area contributed by atoms with E-state index >= 15 is 0 Å². The number of para-hydroxylation sites is 1. The van der Waals surface area contributed by atoms with Crippen molar-refractivity contribution in [1.29, 1.82) is 0 Å². The van der Waals surface area contributed by atoms with Crippen LogP contribution in [0.3, 0.4) is 0 Å². The first-order valence-electron chi connectivity index (χ1n) is 10.1. The second-order valence-electron chi connectivity index (χ2n) is 7.19. The SMILES string of the molecule is O=C(Nc1nnc(S(=O)(=O)Nc2ccccc2C(=O)NCC2CCCO2)s1)c1ccccc1. The van der Waals surface area contributed by atoms with Gasteiger partial charge in [0.15, 0.2) is 0 Å². The molecule has 10 nitrogen and oxygen atoms in total. The highest BCUT2D eigenvalue weighted by atomic mass is 32.2. The Morgan fingerprint density at radius 1 is 1.03 bits per heavy atom. The Labute approximate surface area is 194 Å². The van der Waals surface area contributed by atoms with Crippen LogP contribution in [0.2, 0.25) is 0 Å². The Morgan fingerprint density at radius 3 is 2.55 bits per heavy atom. The largest absolute Gasteiger partial charge is 0.376 e. The number of aromatic nitrogens is 2. The fraction of sp³-hybridized carbons (Fsp3) is 0.238. The zero-order chi connectivity index (χ0) is 23.3. The van der Waals surface area contributed by atoms with Crippen molar-refractivity contribution < 1.29 is 22.7 Å². The maximum atomic E-state index is 12.8. The smallest absolute Gasteiger partial charge is 0.291 e. The van der Waals surface area contributed by atoms with E-state index < -0.39 is 21.8 Å². The van der Waals surface area contributed by atoms with Crippen molar-refractivity contribution >= 4 is 44.0 Å². The van der Waals surface area contributed by atoms with Crippen LogP contribution in [0.1, 0.15) is 33.6 Å². The van der Waals surface area contributed by atoms with Gasteiger partial charge < -0.3 is 10.1 Å². The number of nitrogens with one attached hydrogen (secondary N) is 3. The van der Waals surface area contributed by atoms with Gasteiger partial charge in [0.05, 0.1) is 17.4 Å². The van der Waals surface area contributed by atoms with Gasteiger partial charge >= 0.3 is 0 Å². The molecule has 12 heteroatoms. The average molecular weight is 488 g/mol. The second-order valence-corrected chi connectivity index (χ2v) is 10.0. The predicted molar refractivity (Wildman–Crippen MR) is 123 cm³/mol. The molecule has 1 aromatic heterocycles. The summed E-state index contributed by atoms with van der Waals surface area (Å²) in [6.45, 7) is 1.02. The van der Waals surface area contributed by atoms with Crippen molar-refractivity contribution in [2.75, 3.05) is 23.2 Å². The summed E-state index contributed by atoms with van der Waals surface area (Å²) in [5.74, 6) is -0.853. The molecule has 1 aliphatic rings. The van der Waals surface area contributed by atoms with Gasteiger partial charge in [-0.15, -0.1) is 10.2 Å². The van der Waals surface area contributed by atoms with E-state index in [-0.39, 0.29) is 26.8 Å².